The molecule has 0 radical (unpaired) electrons. The predicted molar refractivity (Wildman–Crippen MR) is 73.1 cm³/mol. The second-order valence-corrected chi connectivity index (χ2v) is 6.15. The fourth-order valence-corrected chi connectivity index (χ4v) is 2.80. The number of halogens is 6. The summed E-state index contributed by atoms with van der Waals surface area (Å²) in [7, 11) is -5.02. The van der Waals surface area contributed by atoms with Crippen LogP contribution < -0.4 is 4.83 Å². The number of hydrazone groups is 1. The number of alkyl halides is 6. The second kappa shape index (κ2) is 6.43. The highest BCUT2D eigenvalue weighted by molar-refractivity contribution is 7.89. The second-order valence-electron chi connectivity index (χ2n) is 4.52. The van der Waals surface area contributed by atoms with E-state index in [0.717, 1.165) is 35.4 Å². The van der Waals surface area contributed by atoms with Gasteiger partial charge in [-0.3, -0.25) is 0 Å². The Labute approximate surface area is 137 Å². The van der Waals surface area contributed by atoms with E-state index in [-0.39, 0.29) is 0 Å². The first kappa shape index (κ1) is 18.8. The summed E-state index contributed by atoms with van der Waals surface area (Å²) in [5, 5.41) is 2.70. The molecule has 1 aromatic heterocycles. The minimum atomic E-state index is -5.11. The molecule has 0 amide bonds. The maximum absolute atomic E-state index is 12.9. The van der Waals surface area contributed by atoms with E-state index in [2.05, 4.69) is 9.52 Å². The number of furan rings is 1. The van der Waals surface area contributed by atoms with Gasteiger partial charge < -0.3 is 4.42 Å². The van der Waals surface area contributed by atoms with Gasteiger partial charge in [0.2, 0.25) is 5.71 Å². The van der Waals surface area contributed by atoms with E-state index in [9.17, 15) is 34.8 Å². The van der Waals surface area contributed by atoms with Crippen LogP contribution in [-0.4, -0.2) is 20.3 Å². The predicted octanol–water partition coefficient (Wildman–Crippen LogP) is 3.54. The monoisotopic (exact) mass is 386 g/mol. The molecule has 0 unspecified atom stereocenters. The zero-order valence-electron chi connectivity index (χ0n) is 11.9. The van der Waals surface area contributed by atoms with Crippen LogP contribution in [0.3, 0.4) is 0 Å². The Morgan fingerprint density at radius 2 is 1.64 bits per heavy atom. The zero-order valence-corrected chi connectivity index (χ0v) is 12.7. The third kappa shape index (κ3) is 4.32. The molecule has 12 heteroatoms. The smallest absolute Gasteiger partial charge is 0.438 e. The Morgan fingerprint density at radius 1 is 1.00 bits per heavy atom. The van der Waals surface area contributed by atoms with Gasteiger partial charge in [0.1, 0.15) is 4.90 Å². The van der Waals surface area contributed by atoms with Crippen LogP contribution in [-0.2, 0) is 16.2 Å². The van der Waals surface area contributed by atoms with Crippen molar-refractivity contribution in [3.05, 3.63) is 54.0 Å². The normalized spacial score (nSPS) is 13.8. The topological polar surface area (TPSA) is 71.7 Å². The van der Waals surface area contributed by atoms with Crippen LogP contribution in [0.1, 0.15) is 11.3 Å². The lowest BCUT2D eigenvalue weighted by Crippen LogP contribution is -2.29. The van der Waals surface area contributed by atoms with Crippen molar-refractivity contribution >= 4 is 15.7 Å². The van der Waals surface area contributed by atoms with Crippen LogP contribution in [0.25, 0.3) is 0 Å². The first-order valence-electron chi connectivity index (χ1n) is 6.30. The Hall–Kier alpha value is -2.50. The van der Waals surface area contributed by atoms with E-state index < -0.39 is 44.3 Å². The summed E-state index contributed by atoms with van der Waals surface area (Å²) < 4.78 is 106. The lowest BCUT2D eigenvalue weighted by Gasteiger charge is -2.13. The Kier molecular flexibility index (Phi) is 4.84. The van der Waals surface area contributed by atoms with E-state index in [4.69, 9.17) is 0 Å². The van der Waals surface area contributed by atoms with Gasteiger partial charge in [-0.2, -0.15) is 44.7 Å². The fraction of sp³-hybridized carbons (Fsp3) is 0.154. The van der Waals surface area contributed by atoms with Crippen molar-refractivity contribution in [1.82, 2.24) is 4.83 Å². The van der Waals surface area contributed by atoms with Crippen molar-refractivity contribution in [2.24, 2.45) is 5.10 Å². The van der Waals surface area contributed by atoms with Crippen LogP contribution in [0.15, 0.2) is 57.1 Å². The molecule has 0 saturated carbocycles. The molecular weight excluding hydrogens is 378 g/mol. The molecular formula is C13H8F6N2O3S. The number of nitrogens with one attached hydrogen (secondary N) is 1. The molecule has 0 aliphatic heterocycles. The van der Waals surface area contributed by atoms with Gasteiger partial charge in [0.15, 0.2) is 5.76 Å². The molecule has 5 nitrogen and oxygen atoms in total. The molecule has 0 bridgehead atoms. The number of hydrogen-bond donors (Lipinski definition) is 1. The summed E-state index contributed by atoms with van der Waals surface area (Å²) in [5.41, 5.74) is -3.28. The van der Waals surface area contributed by atoms with Crippen LogP contribution >= 0.6 is 0 Å². The molecule has 0 saturated heterocycles. The molecule has 0 fully saturated rings. The van der Waals surface area contributed by atoms with Gasteiger partial charge in [-0.05, 0) is 24.3 Å². The van der Waals surface area contributed by atoms with Gasteiger partial charge in [-0.1, -0.05) is 12.1 Å². The highest BCUT2D eigenvalue weighted by atomic mass is 32.2. The van der Waals surface area contributed by atoms with Crippen LogP contribution in [0.2, 0.25) is 0 Å². The summed E-state index contributed by atoms with van der Waals surface area (Å²) >= 11 is 0. The molecule has 25 heavy (non-hydrogen) atoms. The molecule has 0 aliphatic carbocycles. The van der Waals surface area contributed by atoms with E-state index >= 15 is 0 Å². The fourth-order valence-electron chi connectivity index (χ4n) is 1.76. The first-order chi connectivity index (χ1) is 11.4. The van der Waals surface area contributed by atoms with Gasteiger partial charge in [-0.25, -0.2) is 0 Å². The van der Waals surface area contributed by atoms with Crippen molar-refractivity contribution in [2.45, 2.75) is 17.2 Å². The zero-order chi connectivity index (χ0) is 18.9. The van der Waals surface area contributed by atoms with Crippen molar-refractivity contribution in [3.8, 4) is 0 Å². The van der Waals surface area contributed by atoms with Gasteiger partial charge in [0, 0.05) is 0 Å². The number of benzene rings is 1. The average molecular weight is 386 g/mol. The van der Waals surface area contributed by atoms with Gasteiger partial charge in [0.25, 0.3) is 10.0 Å². The summed E-state index contributed by atoms with van der Waals surface area (Å²) in [6, 6.07) is 4.98. The van der Waals surface area contributed by atoms with Crippen molar-refractivity contribution in [3.63, 3.8) is 0 Å². The minimum absolute atomic E-state index is 0.482. The highest BCUT2D eigenvalue weighted by Crippen LogP contribution is 2.34. The van der Waals surface area contributed by atoms with Crippen molar-refractivity contribution < 1.29 is 39.2 Å². The van der Waals surface area contributed by atoms with E-state index in [1.54, 1.807) is 0 Å². The van der Waals surface area contributed by atoms with Crippen LogP contribution in [0, 0.1) is 0 Å². The van der Waals surface area contributed by atoms with E-state index in [1.165, 1.54) is 0 Å². The van der Waals surface area contributed by atoms with Gasteiger partial charge in [-0.15, -0.1) is 0 Å². The van der Waals surface area contributed by atoms with E-state index in [0.29, 0.717) is 12.1 Å². The molecule has 1 N–H and O–H groups in total. The SMILES string of the molecule is O=S(=O)(N/N=C(\c1ccco1)C(F)(F)F)c1ccccc1C(F)(F)F. The maximum atomic E-state index is 12.9. The van der Waals surface area contributed by atoms with Crippen LogP contribution in [0.4, 0.5) is 26.3 Å². The minimum Gasteiger partial charge on any atom is -0.463 e. The number of nitrogens with zero attached hydrogens (tertiary/aromatic N) is 1. The van der Waals surface area contributed by atoms with E-state index in [1.807, 2.05) is 0 Å². The average Bonchev–Trinajstić information content (AvgIpc) is 2.99. The molecule has 0 atom stereocenters. The quantitative estimate of drug-likeness (QED) is 0.496. The third-order valence-corrected chi connectivity index (χ3v) is 4.05. The molecule has 2 aromatic rings. The van der Waals surface area contributed by atoms with Crippen molar-refractivity contribution in [2.75, 3.05) is 0 Å². The molecule has 0 aliphatic rings. The number of rotatable bonds is 4. The highest BCUT2D eigenvalue weighted by Gasteiger charge is 2.40. The maximum Gasteiger partial charge on any atom is 0.438 e. The molecule has 1 heterocycles. The summed E-state index contributed by atoms with van der Waals surface area (Å²) in [6.07, 6.45) is -9.24. The molecule has 2 rings (SSSR count). The first-order valence-corrected chi connectivity index (χ1v) is 7.78. The van der Waals surface area contributed by atoms with Gasteiger partial charge >= 0.3 is 12.4 Å². The number of hydrogen-bond acceptors (Lipinski definition) is 4. The summed E-state index contributed by atoms with van der Waals surface area (Å²) in [6.45, 7) is 0. The Balaban J connectivity index is 2.46. The molecule has 1 aromatic carbocycles. The Bertz CT molecular complexity index is 870. The largest absolute Gasteiger partial charge is 0.463 e. The molecule has 0 spiro atoms. The lowest BCUT2D eigenvalue weighted by molar-refractivity contribution is -0.139. The van der Waals surface area contributed by atoms with Crippen molar-refractivity contribution in [1.29, 1.82) is 0 Å². The van der Waals surface area contributed by atoms with Crippen LogP contribution in [0.5, 0.6) is 0 Å². The summed E-state index contributed by atoms with van der Waals surface area (Å²) in [4.78, 5) is -0.0943. The Morgan fingerprint density at radius 3 is 2.16 bits per heavy atom. The van der Waals surface area contributed by atoms with Gasteiger partial charge in [0.05, 0.1) is 11.8 Å². The third-order valence-electron chi connectivity index (χ3n) is 2.78. The summed E-state index contributed by atoms with van der Waals surface area (Å²) in [5.74, 6) is -0.806. The molecule has 136 valence electrons. The lowest BCUT2D eigenvalue weighted by atomic mass is 10.2. The standard InChI is InChI=1S/C13H8F6N2O3S/c14-12(15,16)8-4-1-2-6-10(8)25(22,23)21-20-11(13(17,18)19)9-5-3-7-24-9/h1-7,21H/b20-11+. The number of sulfonamides is 1.